The second kappa shape index (κ2) is 9.42. The fraction of sp³-hybridized carbons (Fsp3) is 0.400. The van der Waals surface area contributed by atoms with Crippen LogP contribution in [0.4, 0.5) is 23.1 Å². The number of thiazole rings is 1. The van der Waals surface area contributed by atoms with Crippen molar-refractivity contribution in [3.05, 3.63) is 35.4 Å². The molecule has 3 aromatic rings. The summed E-state index contributed by atoms with van der Waals surface area (Å²) in [6.07, 6.45) is -4.43. The molecular weight excluding hydrogens is 527 g/mol. The van der Waals surface area contributed by atoms with Crippen LogP contribution in [0.1, 0.15) is 24.0 Å². The maximum absolute atomic E-state index is 13.0. The summed E-state index contributed by atoms with van der Waals surface area (Å²) in [6.45, 7) is 0.133. The van der Waals surface area contributed by atoms with E-state index in [4.69, 9.17) is 9.57 Å². The Bertz CT molecular complexity index is 1400. The van der Waals surface area contributed by atoms with Gasteiger partial charge >= 0.3 is 12.3 Å². The van der Waals surface area contributed by atoms with E-state index in [1.807, 2.05) is 0 Å². The largest absolute Gasteiger partial charge is 0.479 e. The second-order valence-corrected chi connectivity index (χ2v) is 10.9. The van der Waals surface area contributed by atoms with Crippen molar-refractivity contribution in [3.8, 4) is 5.88 Å². The summed E-state index contributed by atoms with van der Waals surface area (Å²) in [4.78, 5) is 29.7. The number of fused-ring (bicyclic) bond motifs is 1. The molecule has 0 unspecified atom stereocenters. The third-order valence-corrected chi connectivity index (χ3v) is 7.14. The minimum absolute atomic E-state index is 0.0315. The van der Waals surface area contributed by atoms with Crippen LogP contribution in [0.3, 0.4) is 0 Å². The number of carbonyl (C=O) groups excluding carboxylic acids is 1. The van der Waals surface area contributed by atoms with Crippen molar-refractivity contribution in [2.24, 2.45) is 0 Å². The Labute approximate surface area is 206 Å². The van der Waals surface area contributed by atoms with Crippen LogP contribution in [-0.2, 0) is 26.5 Å². The van der Waals surface area contributed by atoms with Crippen LogP contribution in [-0.4, -0.2) is 66.1 Å². The third-order valence-electron chi connectivity index (χ3n) is 5.43. The first-order chi connectivity index (χ1) is 16.8. The molecule has 194 valence electrons. The summed E-state index contributed by atoms with van der Waals surface area (Å²) < 4.78 is 67.7. The summed E-state index contributed by atoms with van der Waals surface area (Å²) in [7, 11) is -2.43. The van der Waals surface area contributed by atoms with Crippen LogP contribution in [0.25, 0.3) is 10.3 Å². The topological polar surface area (TPSA) is 144 Å². The predicted octanol–water partition coefficient (Wildman–Crippen LogP) is 2.96. The highest BCUT2D eigenvalue weighted by Gasteiger charge is 2.38. The summed E-state index contributed by atoms with van der Waals surface area (Å²) in [6, 6.07) is 4.52. The Hall–Kier alpha value is -3.08. The monoisotopic (exact) mass is 547 g/mol. The Morgan fingerprint density at radius 2 is 1.92 bits per heavy atom. The second-order valence-electron chi connectivity index (χ2n) is 8.00. The molecule has 2 aromatic heterocycles. The molecule has 2 N–H and O–H groups in total. The maximum atomic E-state index is 13.0. The van der Waals surface area contributed by atoms with Gasteiger partial charge in [-0.3, -0.25) is 5.32 Å². The predicted molar refractivity (Wildman–Crippen MR) is 121 cm³/mol. The normalized spacial score (nSPS) is 16.6. The van der Waals surface area contributed by atoms with Crippen molar-refractivity contribution in [1.82, 2.24) is 20.0 Å². The first-order valence-corrected chi connectivity index (χ1v) is 13.1. The number of carbonyl (C=O) groups is 1. The molecule has 1 saturated heterocycles. The summed E-state index contributed by atoms with van der Waals surface area (Å²) in [5.74, 6) is -0.0806. The van der Waals surface area contributed by atoms with Crippen LogP contribution >= 0.6 is 11.3 Å². The fourth-order valence-corrected chi connectivity index (χ4v) is 4.97. The zero-order valence-electron chi connectivity index (χ0n) is 18.9. The van der Waals surface area contributed by atoms with E-state index < -0.39 is 38.4 Å². The van der Waals surface area contributed by atoms with Gasteiger partial charge in [-0.05, 0) is 30.5 Å². The third kappa shape index (κ3) is 5.50. The number of methoxy groups -OCH3 is 1. The number of aliphatic hydroxyl groups is 1. The van der Waals surface area contributed by atoms with E-state index in [2.05, 4.69) is 20.3 Å². The molecular formula is C20H20F3N5O6S2. The van der Waals surface area contributed by atoms with Gasteiger partial charge in [0, 0.05) is 19.3 Å². The number of aromatic nitrogens is 3. The van der Waals surface area contributed by atoms with Crippen molar-refractivity contribution >= 4 is 42.7 Å². The van der Waals surface area contributed by atoms with Gasteiger partial charge in [-0.1, -0.05) is 23.5 Å². The van der Waals surface area contributed by atoms with E-state index in [-0.39, 0.29) is 52.9 Å². The SMILES string of the molecule is COc1nc(S(C)(=O)=O)nc2sc(NC(=O)ON3CCC(O)(c4cccc(C(F)(F)F)c4)CC3)nc12. The molecule has 0 saturated carbocycles. The number of rotatable bonds is 5. The molecule has 3 heterocycles. The standard InChI is InChI=1S/C20H20F3N5O6S2/c1-33-14-13-15(26-17(25-14)36(2,31)32)35-16(24-13)27-18(29)34-28-8-6-19(30,7-9-28)11-4-3-5-12(10-11)20(21,22)23/h3-5,10,30H,6-9H2,1-2H3,(H,24,27,29). The van der Waals surface area contributed by atoms with E-state index in [0.29, 0.717) is 0 Å². The molecule has 0 spiro atoms. The Morgan fingerprint density at radius 1 is 1.22 bits per heavy atom. The van der Waals surface area contributed by atoms with Gasteiger partial charge in [0.1, 0.15) is 0 Å². The number of nitrogens with one attached hydrogen (secondary N) is 1. The number of ether oxygens (including phenoxy) is 1. The number of sulfone groups is 1. The van der Waals surface area contributed by atoms with Gasteiger partial charge in [0.15, 0.2) is 15.5 Å². The van der Waals surface area contributed by atoms with Gasteiger partial charge in [0.25, 0.3) is 5.16 Å². The minimum Gasteiger partial charge on any atom is -0.479 e. The quantitative estimate of drug-likeness (QED) is 0.458. The van der Waals surface area contributed by atoms with Gasteiger partial charge in [-0.15, -0.1) is 5.06 Å². The molecule has 0 radical (unpaired) electrons. The van der Waals surface area contributed by atoms with Crippen molar-refractivity contribution in [3.63, 3.8) is 0 Å². The molecule has 36 heavy (non-hydrogen) atoms. The number of piperidine rings is 1. The van der Waals surface area contributed by atoms with Crippen LogP contribution < -0.4 is 10.1 Å². The number of hydroxylamine groups is 2. The lowest BCUT2D eigenvalue weighted by Gasteiger charge is -2.37. The van der Waals surface area contributed by atoms with Crippen molar-refractivity contribution in [1.29, 1.82) is 0 Å². The molecule has 1 amide bonds. The average molecular weight is 548 g/mol. The molecule has 1 aliphatic heterocycles. The molecule has 1 fully saturated rings. The summed E-state index contributed by atoms with van der Waals surface area (Å²) in [5, 5.41) is 14.2. The number of hydrogen-bond donors (Lipinski definition) is 2. The Kier molecular flexibility index (Phi) is 6.80. The van der Waals surface area contributed by atoms with Crippen LogP contribution in [0, 0.1) is 0 Å². The lowest BCUT2D eigenvalue weighted by molar-refractivity contribution is -0.149. The lowest BCUT2D eigenvalue weighted by Crippen LogP contribution is -2.44. The number of nitrogens with zero attached hydrogens (tertiary/aromatic N) is 4. The minimum atomic E-state index is -4.53. The Balaban J connectivity index is 1.41. The van der Waals surface area contributed by atoms with Crippen LogP contribution in [0.15, 0.2) is 29.4 Å². The lowest BCUT2D eigenvalue weighted by atomic mass is 9.84. The van der Waals surface area contributed by atoms with Crippen molar-refractivity contribution < 1.29 is 41.1 Å². The molecule has 0 atom stereocenters. The van der Waals surface area contributed by atoms with Gasteiger partial charge in [0.2, 0.25) is 15.7 Å². The van der Waals surface area contributed by atoms with E-state index in [1.165, 1.54) is 24.3 Å². The first-order valence-electron chi connectivity index (χ1n) is 10.4. The highest BCUT2D eigenvalue weighted by Crippen LogP contribution is 2.37. The fourth-order valence-electron chi connectivity index (χ4n) is 3.59. The van der Waals surface area contributed by atoms with E-state index >= 15 is 0 Å². The van der Waals surface area contributed by atoms with Gasteiger partial charge < -0.3 is 14.7 Å². The zero-order chi connectivity index (χ0) is 26.3. The maximum Gasteiger partial charge on any atom is 0.432 e. The smallest absolute Gasteiger partial charge is 0.432 e. The molecule has 4 rings (SSSR count). The molecule has 11 nitrogen and oxygen atoms in total. The van der Waals surface area contributed by atoms with E-state index in [0.717, 1.165) is 29.7 Å². The number of anilines is 1. The number of amides is 1. The number of halogens is 3. The Morgan fingerprint density at radius 3 is 2.53 bits per heavy atom. The molecule has 0 bridgehead atoms. The molecule has 1 aromatic carbocycles. The van der Waals surface area contributed by atoms with Crippen molar-refractivity contribution in [2.75, 3.05) is 31.8 Å². The first kappa shape index (κ1) is 26.0. The number of hydrogen-bond acceptors (Lipinski definition) is 11. The number of benzene rings is 1. The van der Waals surface area contributed by atoms with Gasteiger partial charge in [-0.2, -0.15) is 18.2 Å². The van der Waals surface area contributed by atoms with Crippen LogP contribution in [0.5, 0.6) is 5.88 Å². The molecule has 16 heteroatoms. The summed E-state index contributed by atoms with van der Waals surface area (Å²) in [5.41, 5.74) is -2.07. The van der Waals surface area contributed by atoms with Crippen molar-refractivity contribution in [2.45, 2.75) is 29.8 Å². The average Bonchev–Trinajstić information content (AvgIpc) is 3.21. The van der Waals surface area contributed by atoms with Crippen LogP contribution in [0.2, 0.25) is 0 Å². The highest BCUT2D eigenvalue weighted by molar-refractivity contribution is 7.90. The zero-order valence-corrected chi connectivity index (χ0v) is 20.5. The number of alkyl halides is 3. The van der Waals surface area contributed by atoms with E-state index in [1.54, 1.807) is 0 Å². The summed E-state index contributed by atoms with van der Waals surface area (Å²) >= 11 is 0.879. The van der Waals surface area contributed by atoms with E-state index in [9.17, 15) is 31.5 Å². The molecule has 0 aliphatic carbocycles. The highest BCUT2D eigenvalue weighted by atomic mass is 32.2. The van der Waals surface area contributed by atoms with Gasteiger partial charge in [-0.25, -0.2) is 23.2 Å². The van der Waals surface area contributed by atoms with Gasteiger partial charge in [0.05, 0.1) is 18.3 Å². The molecule has 1 aliphatic rings.